The van der Waals surface area contributed by atoms with E-state index >= 15 is 0 Å². The van der Waals surface area contributed by atoms with Crippen LogP contribution in [-0.2, 0) is 21.0 Å². The Balaban J connectivity index is 2.08. The second-order valence-corrected chi connectivity index (χ2v) is 7.09. The number of carbonyl (C=O) groups is 1. The highest BCUT2D eigenvalue weighted by Gasteiger charge is 2.33. The number of alkyl halides is 3. The van der Waals surface area contributed by atoms with E-state index in [4.69, 9.17) is 0 Å². The number of halogens is 4. The average Bonchev–Trinajstić information content (AvgIpc) is 2.55. The second-order valence-electron chi connectivity index (χ2n) is 5.33. The molecule has 5 nitrogen and oxygen atoms in total. The molecule has 0 aromatic heterocycles. The summed E-state index contributed by atoms with van der Waals surface area (Å²) in [5, 5.41) is 2.02. The second kappa shape index (κ2) is 7.42. The number of rotatable bonds is 5. The van der Waals surface area contributed by atoms with E-state index in [0.717, 1.165) is 36.4 Å². The number of nitrogens with one attached hydrogen (secondary N) is 2. The summed E-state index contributed by atoms with van der Waals surface area (Å²) in [4.78, 5) is 11.6. The van der Waals surface area contributed by atoms with Gasteiger partial charge in [0.15, 0.2) is 0 Å². The first-order chi connectivity index (χ1) is 12.0. The molecule has 0 saturated carbocycles. The first-order valence-electron chi connectivity index (χ1n) is 7.22. The number of hydrogen-bond donors (Lipinski definition) is 2. The van der Waals surface area contributed by atoms with Gasteiger partial charge in [0.1, 0.15) is 5.82 Å². The zero-order chi connectivity index (χ0) is 19.5. The van der Waals surface area contributed by atoms with Gasteiger partial charge in [-0.25, -0.2) is 17.5 Å². The van der Waals surface area contributed by atoms with Gasteiger partial charge in [0.25, 0.3) is 0 Å². The molecule has 26 heavy (non-hydrogen) atoms. The van der Waals surface area contributed by atoms with Gasteiger partial charge in [-0.1, -0.05) is 12.1 Å². The van der Waals surface area contributed by atoms with E-state index in [2.05, 4.69) is 0 Å². The fourth-order valence-electron chi connectivity index (χ4n) is 2.06. The normalized spacial score (nSPS) is 12.0. The summed E-state index contributed by atoms with van der Waals surface area (Å²) in [5.41, 5.74) is -1.44. The van der Waals surface area contributed by atoms with Crippen molar-refractivity contribution in [2.75, 3.05) is 11.9 Å². The van der Waals surface area contributed by atoms with Gasteiger partial charge in [-0.2, -0.15) is 13.2 Å². The highest BCUT2D eigenvalue weighted by Crippen LogP contribution is 2.34. The lowest BCUT2D eigenvalue weighted by atomic mass is 10.1. The Labute approximate surface area is 147 Å². The summed E-state index contributed by atoms with van der Waals surface area (Å²) in [7, 11) is -4.13. The summed E-state index contributed by atoms with van der Waals surface area (Å²) in [6.45, 7) is 0.583. The summed E-state index contributed by atoms with van der Waals surface area (Å²) >= 11 is 0. The minimum absolute atomic E-state index is 0.0939. The van der Waals surface area contributed by atoms with Crippen molar-refractivity contribution in [2.24, 2.45) is 0 Å². The van der Waals surface area contributed by atoms with Crippen LogP contribution in [0.15, 0.2) is 47.4 Å². The van der Waals surface area contributed by atoms with Crippen LogP contribution in [0.1, 0.15) is 11.1 Å². The van der Waals surface area contributed by atoms with Crippen LogP contribution in [0.5, 0.6) is 0 Å². The van der Waals surface area contributed by atoms with E-state index in [-0.39, 0.29) is 10.5 Å². The molecule has 10 heteroatoms. The van der Waals surface area contributed by atoms with Crippen molar-refractivity contribution in [3.8, 4) is 0 Å². The third-order valence-electron chi connectivity index (χ3n) is 3.37. The molecule has 0 aliphatic heterocycles. The van der Waals surface area contributed by atoms with Gasteiger partial charge in [0.2, 0.25) is 15.9 Å². The Bertz CT molecular complexity index is 927. The van der Waals surface area contributed by atoms with E-state index in [1.165, 1.54) is 13.0 Å². The molecule has 0 unspecified atom stereocenters. The fourth-order valence-corrected chi connectivity index (χ4v) is 3.13. The molecule has 1 amide bonds. The minimum atomic E-state index is -4.67. The van der Waals surface area contributed by atoms with Crippen LogP contribution in [0, 0.1) is 12.7 Å². The van der Waals surface area contributed by atoms with E-state index in [1.807, 2.05) is 10.0 Å². The molecular weight excluding hydrogens is 376 g/mol. The molecule has 0 spiro atoms. The van der Waals surface area contributed by atoms with E-state index < -0.39 is 45.7 Å². The Morgan fingerprint density at radius 1 is 1.12 bits per heavy atom. The lowest BCUT2D eigenvalue weighted by molar-refractivity contribution is -0.137. The molecule has 0 aliphatic rings. The largest absolute Gasteiger partial charge is 0.418 e. The Kier molecular flexibility index (Phi) is 5.67. The highest BCUT2D eigenvalue weighted by atomic mass is 32.2. The van der Waals surface area contributed by atoms with Crippen LogP contribution in [0.3, 0.4) is 0 Å². The van der Waals surface area contributed by atoms with Crippen molar-refractivity contribution in [1.82, 2.24) is 4.72 Å². The topological polar surface area (TPSA) is 75.3 Å². The van der Waals surface area contributed by atoms with Gasteiger partial charge in [0.05, 0.1) is 22.7 Å². The van der Waals surface area contributed by atoms with Gasteiger partial charge >= 0.3 is 6.18 Å². The van der Waals surface area contributed by atoms with Crippen molar-refractivity contribution in [3.05, 3.63) is 59.4 Å². The predicted octanol–water partition coefficient (Wildman–Crippen LogP) is 3.07. The van der Waals surface area contributed by atoms with Crippen molar-refractivity contribution in [1.29, 1.82) is 0 Å². The van der Waals surface area contributed by atoms with Gasteiger partial charge < -0.3 is 5.32 Å². The number of hydrogen-bond acceptors (Lipinski definition) is 3. The predicted molar refractivity (Wildman–Crippen MR) is 86.4 cm³/mol. The molecule has 140 valence electrons. The molecule has 0 fully saturated rings. The van der Waals surface area contributed by atoms with Crippen LogP contribution in [0.4, 0.5) is 23.2 Å². The average molecular weight is 390 g/mol. The van der Waals surface area contributed by atoms with Crippen LogP contribution < -0.4 is 10.0 Å². The molecule has 0 heterocycles. The molecule has 0 radical (unpaired) electrons. The maximum atomic E-state index is 13.2. The quantitative estimate of drug-likeness (QED) is 0.771. The van der Waals surface area contributed by atoms with Crippen LogP contribution >= 0.6 is 0 Å². The molecule has 0 saturated heterocycles. The first-order valence-corrected chi connectivity index (χ1v) is 8.71. The number of amides is 1. The summed E-state index contributed by atoms with van der Waals surface area (Å²) in [5.74, 6) is -1.57. The Hall–Kier alpha value is -2.46. The standard InChI is InChI=1S/C16H14F4N2O3S/c1-10-8-11(6-7-13(10)17)26(24,25)21-9-15(23)22-14-5-3-2-4-12(14)16(18,19)20/h2-8,21H,9H2,1H3,(H,22,23). The van der Waals surface area contributed by atoms with Gasteiger partial charge in [-0.15, -0.1) is 0 Å². The first kappa shape index (κ1) is 19.9. The summed E-state index contributed by atoms with van der Waals surface area (Å²) in [6.07, 6.45) is -4.67. The van der Waals surface area contributed by atoms with Crippen molar-refractivity contribution < 1.29 is 30.8 Å². The zero-order valence-electron chi connectivity index (χ0n) is 13.4. The van der Waals surface area contributed by atoms with Crippen molar-refractivity contribution >= 4 is 21.6 Å². The molecule has 0 atom stereocenters. The molecule has 0 aliphatic carbocycles. The number of anilines is 1. The lowest BCUT2D eigenvalue weighted by Gasteiger charge is -2.14. The molecular formula is C16H14F4N2O3S. The fraction of sp³-hybridized carbons (Fsp3) is 0.188. The number of sulfonamides is 1. The maximum Gasteiger partial charge on any atom is 0.418 e. The van der Waals surface area contributed by atoms with Crippen molar-refractivity contribution in [3.63, 3.8) is 0 Å². The van der Waals surface area contributed by atoms with Gasteiger partial charge in [0, 0.05) is 0 Å². The molecule has 0 bridgehead atoms. The van der Waals surface area contributed by atoms with Gasteiger partial charge in [-0.05, 0) is 42.8 Å². The summed E-state index contributed by atoms with van der Waals surface area (Å²) < 4.78 is 77.9. The molecule has 2 aromatic carbocycles. The number of aryl methyl sites for hydroxylation is 1. The molecule has 2 rings (SSSR count). The highest BCUT2D eigenvalue weighted by molar-refractivity contribution is 7.89. The Morgan fingerprint density at radius 3 is 2.38 bits per heavy atom. The summed E-state index contributed by atoms with van der Waals surface area (Å²) in [6, 6.07) is 7.37. The van der Waals surface area contributed by atoms with E-state index in [1.54, 1.807) is 0 Å². The smallest absolute Gasteiger partial charge is 0.324 e. The van der Waals surface area contributed by atoms with Crippen LogP contribution in [-0.4, -0.2) is 20.9 Å². The third-order valence-corrected chi connectivity index (χ3v) is 4.77. The SMILES string of the molecule is Cc1cc(S(=O)(=O)NCC(=O)Nc2ccccc2C(F)(F)F)ccc1F. The monoisotopic (exact) mass is 390 g/mol. The molecule has 2 N–H and O–H groups in total. The Morgan fingerprint density at radius 2 is 1.77 bits per heavy atom. The minimum Gasteiger partial charge on any atom is -0.324 e. The number of para-hydroxylation sites is 1. The van der Waals surface area contributed by atoms with Crippen LogP contribution in [0.2, 0.25) is 0 Å². The maximum absolute atomic E-state index is 13.2. The third kappa shape index (κ3) is 4.79. The zero-order valence-corrected chi connectivity index (χ0v) is 14.2. The van der Waals surface area contributed by atoms with Crippen LogP contribution in [0.25, 0.3) is 0 Å². The van der Waals surface area contributed by atoms with Crippen molar-refractivity contribution in [2.45, 2.75) is 18.0 Å². The molecule has 2 aromatic rings. The van der Waals surface area contributed by atoms with Gasteiger partial charge in [-0.3, -0.25) is 4.79 Å². The number of benzene rings is 2. The van der Waals surface area contributed by atoms with E-state index in [9.17, 15) is 30.8 Å². The lowest BCUT2D eigenvalue weighted by Crippen LogP contribution is -2.33. The number of carbonyl (C=O) groups excluding carboxylic acids is 1. The van der Waals surface area contributed by atoms with E-state index in [0.29, 0.717) is 0 Å².